The lowest BCUT2D eigenvalue weighted by molar-refractivity contribution is 0.0698. The highest BCUT2D eigenvalue weighted by molar-refractivity contribution is 6.32. The third-order valence-electron chi connectivity index (χ3n) is 5.05. The van der Waals surface area contributed by atoms with Crippen molar-refractivity contribution in [3.05, 3.63) is 58.2 Å². The molecule has 0 unspecified atom stereocenters. The fourth-order valence-corrected chi connectivity index (χ4v) is 3.90. The molecule has 1 saturated heterocycles. The maximum Gasteiger partial charge on any atom is 0.337 e. The van der Waals surface area contributed by atoms with Gasteiger partial charge in [-0.25, -0.2) is 9.18 Å². The van der Waals surface area contributed by atoms with Gasteiger partial charge in [-0.05, 0) is 49.2 Å². The predicted molar refractivity (Wildman–Crippen MR) is 115 cm³/mol. The minimum absolute atomic E-state index is 0.0536. The number of hydrogen-bond donors (Lipinski definition) is 2. The van der Waals surface area contributed by atoms with E-state index in [1.165, 1.54) is 6.07 Å². The molecule has 5 nitrogen and oxygen atoms in total. The Hall–Kier alpha value is -2.57. The van der Waals surface area contributed by atoms with E-state index in [0.29, 0.717) is 52.9 Å². The van der Waals surface area contributed by atoms with Crippen LogP contribution in [-0.4, -0.2) is 35.3 Å². The molecule has 0 aliphatic carbocycles. The van der Waals surface area contributed by atoms with Gasteiger partial charge in [0.25, 0.3) is 0 Å². The van der Waals surface area contributed by atoms with E-state index >= 15 is 0 Å². The van der Waals surface area contributed by atoms with Crippen molar-refractivity contribution in [2.45, 2.75) is 19.0 Å². The number of aromatic carboxylic acids is 1. The molecular weight excluding hydrogens is 416 g/mol. The standard InChI is InChI=1S/C21H18Cl2FN3O2/c22-12-1-3-17-15(9-12)20(19(11-25-17)27-7-5-14(24)6-8-27)26-18-4-2-13(23)10-16(18)21(28)29/h1-4,9-11,14H,5-8H2,(H,25,26)(H,28,29). The number of aromatic nitrogens is 1. The summed E-state index contributed by atoms with van der Waals surface area (Å²) >= 11 is 12.2. The van der Waals surface area contributed by atoms with Gasteiger partial charge in [0.15, 0.2) is 0 Å². The van der Waals surface area contributed by atoms with Gasteiger partial charge in [-0.3, -0.25) is 4.98 Å². The molecule has 2 N–H and O–H groups in total. The first-order chi connectivity index (χ1) is 13.9. The van der Waals surface area contributed by atoms with E-state index in [0.717, 1.165) is 11.1 Å². The van der Waals surface area contributed by atoms with E-state index in [2.05, 4.69) is 15.2 Å². The number of nitrogens with zero attached hydrogens (tertiary/aromatic N) is 2. The average molecular weight is 434 g/mol. The summed E-state index contributed by atoms with van der Waals surface area (Å²) in [7, 11) is 0. The van der Waals surface area contributed by atoms with E-state index in [4.69, 9.17) is 23.2 Å². The van der Waals surface area contributed by atoms with Gasteiger partial charge < -0.3 is 15.3 Å². The average Bonchev–Trinajstić information content (AvgIpc) is 2.70. The first-order valence-corrected chi connectivity index (χ1v) is 9.95. The van der Waals surface area contributed by atoms with Gasteiger partial charge in [0.2, 0.25) is 0 Å². The van der Waals surface area contributed by atoms with E-state index in [9.17, 15) is 14.3 Å². The molecule has 2 aromatic carbocycles. The van der Waals surface area contributed by atoms with Gasteiger partial charge in [-0.1, -0.05) is 23.2 Å². The summed E-state index contributed by atoms with van der Waals surface area (Å²) in [6.45, 7) is 1.10. The summed E-state index contributed by atoms with van der Waals surface area (Å²) in [6, 6.07) is 9.99. The quantitative estimate of drug-likeness (QED) is 0.534. The van der Waals surface area contributed by atoms with Crippen molar-refractivity contribution in [1.29, 1.82) is 0 Å². The summed E-state index contributed by atoms with van der Waals surface area (Å²) in [5, 5.41) is 14.5. The topological polar surface area (TPSA) is 65.5 Å². The Bertz CT molecular complexity index is 1080. The molecule has 0 saturated carbocycles. The van der Waals surface area contributed by atoms with Gasteiger partial charge in [-0.15, -0.1) is 0 Å². The predicted octanol–water partition coefficient (Wildman–Crippen LogP) is 5.92. The number of carboxylic acid groups (broad SMARTS) is 1. The molecule has 0 amide bonds. The lowest BCUT2D eigenvalue weighted by Crippen LogP contribution is -2.34. The van der Waals surface area contributed by atoms with Crippen molar-refractivity contribution in [3.63, 3.8) is 0 Å². The molecule has 150 valence electrons. The Balaban J connectivity index is 1.86. The minimum atomic E-state index is -1.09. The third kappa shape index (κ3) is 4.09. The second-order valence-electron chi connectivity index (χ2n) is 6.96. The number of alkyl halides is 1. The molecular formula is C21H18Cl2FN3O2. The normalized spacial score (nSPS) is 14.9. The maximum atomic E-state index is 13.7. The summed E-state index contributed by atoms with van der Waals surface area (Å²) in [6.07, 6.45) is 1.80. The number of carboxylic acids is 1. The van der Waals surface area contributed by atoms with Crippen LogP contribution in [0, 0.1) is 0 Å². The van der Waals surface area contributed by atoms with Crippen LogP contribution in [0.25, 0.3) is 10.9 Å². The van der Waals surface area contributed by atoms with Crippen molar-refractivity contribution in [1.82, 2.24) is 4.98 Å². The van der Waals surface area contributed by atoms with E-state index in [1.54, 1.807) is 36.5 Å². The second-order valence-corrected chi connectivity index (χ2v) is 7.83. The van der Waals surface area contributed by atoms with Gasteiger partial charge in [0, 0.05) is 28.5 Å². The number of pyridine rings is 1. The van der Waals surface area contributed by atoms with Gasteiger partial charge in [0.05, 0.1) is 34.3 Å². The molecule has 0 spiro atoms. The highest BCUT2D eigenvalue weighted by Gasteiger charge is 2.23. The lowest BCUT2D eigenvalue weighted by Gasteiger charge is -2.32. The van der Waals surface area contributed by atoms with Gasteiger partial charge in [-0.2, -0.15) is 0 Å². The zero-order valence-electron chi connectivity index (χ0n) is 15.3. The Kier molecular flexibility index (Phi) is 5.48. The number of rotatable bonds is 4. The van der Waals surface area contributed by atoms with Crippen LogP contribution in [0.2, 0.25) is 10.0 Å². The smallest absolute Gasteiger partial charge is 0.337 e. The van der Waals surface area contributed by atoms with Crippen LogP contribution in [0.4, 0.5) is 21.5 Å². The van der Waals surface area contributed by atoms with Crippen molar-refractivity contribution in [2.75, 3.05) is 23.3 Å². The number of nitrogens with one attached hydrogen (secondary N) is 1. The highest BCUT2D eigenvalue weighted by Crippen LogP contribution is 2.38. The molecule has 0 atom stereocenters. The molecule has 1 aliphatic heterocycles. The summed E-state index contributed by atoms with van der Waals surface area (Å²) < 4.78 is 13.7. The molecule has 2 heterocycles. The Labute approximate surface area is 177 Å². The van der Waals surface area contributed by atoms with Crippen LogP contribution >= 0.6 is 23.2 Å². The van der Waals surface area contributed by atoms with Crippen LogP contribution in [0.5, 0.6) is 0 Å². The van der Waals surface area contributed by atoms with Crippen molar-refractivity contribution >= 4 is 57.1 Å². The summed E-state index contributed by atoms with van der Waals surface area (Å²) in [5.74, 6) is -1.09. The zero-order chi connectivity index (χ0) is 20.5. The first kappa shape index (κ1) is 19.7. The number of benzene rings is 2. The molecule has 0 radical (unpaired) electrons. The lowest BCUT2D eigenvalue weighted by atomic mass is 10.1. The number of carbonyl (C=O) groups is 1. The molecule has 4 rings (SSSR count). The maximum absolute atomic E-state index is 13.7. The van der Waals surface area contributed by atoms with Crippen LogP contribution in [-0.2, 0) is 0 Å². The molecule has 1 fully saturated rings. The monoisotopic (exact) mass is 433 g/mol. The number of fused-ring (bicyclic) bond motifs is 1. The van der Waals surface area contributed by atoms with Crippen LogP contribution in [0.1, 0.15) is 23.2 Å². The highest BCUT2D eigenvalue weighted by atomic mass is 35.5. The minimum Gasteiger partial charge on any atom is -0.478 e. The van der Waals surface area contributed by atoms with E-state index in [-0.39, 0.29) is 5.56 Å². The van der Waals surface area contributed by atoms with Gasteiger partial charge in [0.1, 0.15) is 6.17 Å². The molecule has 1 aromatic heterocycles. The Morgan fingerprint density at radius 2 is 1.83 bits per heavy atom. The fourth-order valence-electron chi connectivity index (χ4n) is 3.55. The number of halogens is 3. The molecule has 0 bridgehead atoms. The summed E-state index contributed by atoms with van der Waals surface area (Å²) in [4.78, 5) is 18.3. The first-order valence-electron chi connectivity index (χ1n) is 9.19. The Morgan fingerprint density at radius 3 is 2.55 bits per heavy atom. The van der Waals surface area contributed by atoms with Crippen LogP contribution in [0.3, 0.4) is 0 Å². The van der Waals surface area contributed by atoms with Crippen LogP contribution in [0.15, 0.2) is 42.6 Å². The van der Waals surface area contributed by atoms with E-state index < -0.39 is 12.1 Å². The van der Waals surface area contributed by atoms with Crippen molar-refractivity contribution in [3.8, 4) is 0 Å². The molecule has 29 heavy (non-hydrogen) atoms. The number of hydrogen-bond acceptors (Lipinski definition) is 4. The fraction of sp³-hybridized carbons (Fsp3) is 0.238. The largest absolute Gasteiger partial charge is 0.478 e. The number of piperidine rings is 1. The van der Waals surface area contributed by atoms with Gasteiger partial charge >= 0.3 is 5.97 Å². The van der Waals surface area contributed by atoms with Crippen LogP contribution < -0.4 is 10.2 Å². The van der Waals surface area contributed by atoms with Crippen molar-refractivity contribution in [2.24, 2.45) is 0 Å². The van der Waals surface area contributed by atoms with Crippen molar-refractivity contribution < 1.29 is 14.3 Å². The second kappa shape index (κ2) is 8.05. The third-order valence-corrected chi connectivity index (χ3v) is 5.52. The number of anilines is 3. The SMILES string of the molecule is O=C(O)c1cc(Cl)ccc1Nc1c(N2CCC(F)CC2)cnc2ccc(Cl)cc12. The van der Waals surface area contributed by atoms with E-state index in [1.807, 2.05) is 0 Å². The molecule has 8 heteroatoms. The Morgan fingerprint density at radius 1 is 1.14 bits per heavy atom. The zero-order valence-corrected chi connectivity index (χ0v) is 16.8. The molecule has 1 aliphatic rings. The molecule has 3 aromatic rings. The summed E-state index contributed by atoms with van der Waals surface area (Å²) in [5.41, 5.74) is 2.62.